The molecule has 0 saturated heterocycles. The fraction of sp³-hybridized carbons (Fsp3) is 0.417. The van der Waals surface area contributed by atoms with Gasteiger partial charge >= 0.3 is 0 Å². The molecule has 0 N–H and O–H groups in total. The van der Waals surface area contributed by atoms with Gasteiger partial charge in [0.25, 0.3) is 5.69 Å². The highest BCUT2D eigenvalue weighted by atomic mass is 16.6. The van der Waals surface area contributed by atoms with Gasteiger partial charge in [0.05, 0.1) is 24.0 Å². The van der Waals surface area contributed by atoms with E-state index in [0.717, 1.165) is 0 Å². The van der Waals surface area contributed by atoms with Gasteiger partial charge in [-0.1, -0.05) is 0 Å². The number of hydrogen-bond donors (Lipinski definition) is 0. The highest BCUT2D eigenvalue weighted by molar-refractivity contribution is 5.65. The number of ether oxygens (including phenoxy) is 1. The van der Waals surface area contributed by atoms with Crippen LogP contribution in [0.1, 0.15) is 6.92 Å². The molecule has 0 amide bonds. The molecule has 0 aliphatic carbocycles. The number of nitro benzene ring substituents is 1. The van der Waals surface area contributed by atoms with Gasteiger partial charge in [-0.3, -0.25) is 10.1 Å². The van der Waals surface area contributed by atoms with Crippen molar-refractivity contribution in [1.29, 1.82) is 5.26 Å². The summed E-state index contributed by atoms with van der Waals surface area (Å²) < 4.78 is 5.06. The average Bonchev–Trinajstić information content (AvgIpc) is 2.37. The third-order valence-electron chi connectivity index (χ3n) is 2.56. The highest BCUT2D eigenvalue weighted by Crippen LogP contribution is 2.31. The summed E-state index contributed by atoms with van der Waals surface area (Å²) in [4.78, 5) is 12.2. The van der Waals surface area contributed by atoms with Crippen molar-refractivity contribution in [2.24, 2.45) is 5.92 Å². The zero-order chi connectivity index (χ0) is 13.7. The quantitative estimate of drug-likeness (QED) is 0.590. The molecule has 0 spiro atoms. The van der Waals surface area contributed by atoms with Gasteiger partial charge < -0.3 is 9.64 Å². The third-order valence-corrected chi connectivity index (χ3v) is 2.56. The van der Waals surface area contributed by atoms with E-state index < -0.39 is 4.92 Å². The Kier molecular flexibility index (Phi) is 4.49. The van der Waals surface area contributed by atoms with Crippen LogP contribution in [0.2, 0.25) is 0 Å². The maximum absolute atomic E-state index is 11.0. The van der Waals surface area contributed by atoms with Gasteiger partial charge in [0.15, 0.2) is 0 Å². The van der Waals surface area contributed by atoms with Crippen molar-refractivity contribution in [2.75, 3.05) is 25.6 Å². The number of nitrogens with zero attached hydrogens (tertiary/aromatic N) is 3. The SMILES string of the molecule is COc1ccc([N+](=O)[O-])c(N(C)CC(C)C#N)c1. The van der Waals surface area contributed by atoms with Crippen molar-refractivity contribution in [3.63, 3.8) is 0 Å². The molecule has 0 aliphatic heterocycles. The molecule has 1 unspecified atom stereocenters. The topological polar surface area (TPSA) is 79.4 Å². The lowest BCUT2D eigenvalue weighted by atomic mass is 10.1. The minimum atomic E-state index is -0.442. The number of nitro groups is 1. The summed E-state index contributed by atoms with van der Waals surface area (Å²) in [7, 11) is 3.22. The second kappa shape index (κ2) is 5.87. The summed E-state index contributed by atoms with van der Waals surface area (Å²) in [5, 5.41) is 19.7. The van der Waals surface area contributed by atoms with Crippen LogP contribution in [0.25, 0.3) is 0 Å². The molecule has 0 heterocycles. The highest BCUT2D eigenvalue weighted by Gasteiger charge is 2.19. The molecule has 18 heavy (non-hydrogen) atoms. The van der Waals surface area contributed by atoms with Crippen molar-refractivity contribution < 1.29 is 9.66 Å². The molecule has 96 valence electrons. The molecule has 0 saturated carbocycles. The van der Waals surface area contributed by atoms with E-state index in [-0.39, 0.29) is 11.6 Å². The van der Waals surface area contributed by atoms with Crippen LogP contribution in [0.3, 0.4) is 0 Å². The largest absolute Gasteiger partial charge is 0.497 e. The number of anilines is 1. The van der Waals surface area contributed by atoms with Crippen molar-refractivity contribution in [3.05, 3.63) is 28.3 Å². The Morgan fingerprint density at radius 1 is 1.61 bits per heavy atom. The Bertz CT molecular complexity index is 482. The zero-order valence-electron chi connectivity index (χ0n) is 10.6. The Labute approximate surface area is 106 Å². The molecule has 1 rings (SSSR count). The molecule has 1 atom stereocenters. The number of nitriles is 1. The number of methoxy groups -OCH3 is 1. The van der Waals surface area contributed by atoms with Crippen LogP contribution in [0.4, 0.5) is 11.4 Å². The molecular weight excluding hydrogens is 234 g/mol. The molecule has 0 fully saturated rings. The Morgan fingerprint density at radius 2 is 2.28 bits per heavy atom. The molecule has 0 aromatic heterocycles. The Morgan fingerprint density at radius 3 is 2.78 bits per heavy atom. The Hall–Kier alpha value is -2.29. The first kappa shape index (κ1) is 13.8. The summed E-state index contributed by atoms with van der Waals surface area (Å²) in [5.41, 5.74) is 0.449. The predicted octanol–water partition coefficient (Wildman–Crippen LogP) is 2.20. The summed E-state index contributed by atoms with van der Waals surface area (Å²) in [6.45, 7) is 2.19. The minimum absolute atomic E-state index is 0.00318. The smallest absolute Gasteiger partial charge is 0.292 e. The van der Waals surface area contributed by atoms with Gasteiger partial charge in [-0.25, -0.2) is 0 Å². The van der Waals surface area contributed by atoms with Crippen molar-refractivity contribution in [1.82, 2.24) is 0 Å². The minimum Gasteiger partial charge on any atom is -0.497 e. The first-order valence-electron chi connectivity index (χ1n) is 5.42. The van der Waals surface area contributed by atoms with E-state index in [0.29, 0.717) is 18.0 Å². The molecule has 1 aromatic carbocycles. The van der Waals surface area contributed by atoms with E-state index in [1.165, 1.54) is 13.2 Å². The maximum atomic E-state index is 11.0. The van der Waals surface area contributed by atoms with E-state index in [1.54, 1.807) is 31.0 Å². The lowest BCUT2D eigenvalue weighted by molar-refractivity contribution is -0.384. The zero-order valence-corrected chi connectivity index (χ0v) is 10.6. The molecule has 1 aromatic rings. The fourth-order valence-corrected chi connectivity index (χ4v) is 1.64. The Balaban J connectivity index is 3.11. The van der Waals surface area contributed by atoms with Crippen LogP contribution in [-0.4, -0.2) is 25.6 Å². The molecule has 0 radical (unpaired) electrons. The average molecular weight is 249 g/mol. The van der Waals surface area contributed by atoms with Gasteiger partial charge in [-0.2, -0.15) is 5.26 Å². The lowest BCUT2D eigenvalue weighted by Gasteiger charge is -2.20. The summed E-state index contributed by atoms with van der Waals surface area (Å²) in [5.74, 6) is 0.341. The van der Waals surface area contributed by atoms with Gasteiger partial charge in [0.1, 0.15) is 11.4 Å². The van der Waals surface area contributed by atoms with Gasteiger partial charge in [0, 0.05) is 25.7 Å². The van der Waals surface area contributed by atoms with E-state index in [1.807, 2.05) is 0 Å². The van der Waals surface area contributed by atoms with Gasteiger partial charge in [-0.05, 0) is 13.0 Å². The van der Waals surface area contributed by atoms with Crippen molar-refractivity contribution in [3.8, 4) is 11.8 Å². The summed E-state index contributed by atoms with van der Waals surface area (Å²) in [6.07, 6.45) is 0. The number of benzene rings is 1. The fourth-order valence-electron chi connectivity index (χ4n) is 1.64. The molecule has 6 nitrogen and oxygen atoms in total. The van der Waals surface area contributed by atoms with E-state index in [2.05, 4.69) is 6.07 Å². The van der Waals surface area contributed by atoms with Crippen molar-refractivity contribution in [2.45, 2.75) is 6.92 Å². The summed E-state index contributed by atoms with van der Waals surface area (Å²) >= 11 is 0. The van der Waals surface area contributed by atoms with E-state index >= 15 is 0 Å². The molecule has 0 bridgehead atoms. The van der Waals surface area contributed by atoms with Gasteiger partial charge in [-0.15, -0.1) is 0 Å². The second-order valence-electron chi connectivity index (χ2n) is 4.02. The van der Waals surface area contributed by atoms with Crippen LogP contribution in [0.5, 0.6) is 5.75 Å². The third kappa shape index (κ3) is 3.10. The number of rotatable bonds is 5. The number of hydrogen-bond acceptors (Lipinski definition) is 5. The monoisotopic (exact) mass is 249 g/mol. The van der Waals surface area contributed by atoms with Gasteiger partial charge in [0.2, 0.25) is 0 Å². The molecular formula is C12H15N3O3. The van der Waals surface area contributed by atoms with Crippen LogP contribution in [-0.2, 0) is 0 Å². The first-order chi connectivity index (χ1) is 8.49. The summed E-state index contributed by atoms with van der Waals surface area (Å²) in [6, 6.07) is 6.65. The molecule has 0 aliphatic rings. The van der Waals surface area contributed by atoms with Crippen LogP contribution >= 0.6 is 0 Å². The maximum Gasteiger partial charge on any atom is 0.292 e. The molecule has 6 heteroatoms. The van der Waals surface area contributed by atoms with E-state index in [9.17, 15) is 10.1 Å². The standard InChI is InChI=1S/C12H15N3O3/c1-9(7-13)8-14(2)12-6-10(18-3)4-5-11(12)15(16)17/h4-6,9H,8H2,1-3H3. The second-order valence-corrected chi connectivity index (χ2v) is 4.02. The van der Waals surface area contributed by atoms with Crippen LogP contribution in [0, 0.1) is 27.4 Å². The van der Waals surface area contributed by atoms with E-state index in [4.69, 9.17) is 10.00 Å². The van der Waals surface area contributed by atoms with Crippen LogP contribution < -0.4 is 9.64 Å². The first-order valence-corrected chi connectivity index (χ1v) is 5.42. The van der Waals surface area contributed by atoms with Crippen LogP contribution in [0.15, 0.2) is 18.2 Å². The lowest BCUT2D eigenvalue weighted by Crippen LogP contribution is -2.24. The normalized spacial score (nSPS) is 11.4. The van der Waals surface area contributed by atoms with Crippen molar-refractivity contribution >= 4 is 11.4 Å². The predicted molar refractivity (Wildman–Crippen MR) is 67.7 cm³/mol.